The van der Waals surface area contributed by atoms with Crippen molar-refractivity contribution in [2.24, 2.45) is 5.73 Å². The summed E-state index contributed by atoms with van der Waals surface area (Å²) in [5.74, 6) is 0. The second-order valence-corrected chi connectivity index (χ2v) is 5.03. The molecule has 0 amide bonds. The van der Waals surface area contributed by atoms with E-state index < -0.39 is 0 Å². The second kappa shape index (κ2) is 5.71. The van der Waals surface area contributed by atoms with E-state index in [4.69, 9.17) is 17.3 Å². The molecule has 1 aliphatic heterocycles. The molecule has 0 radical (unpaired) electrons. The fourth-order valence-electron chi connectivity index (χ4n) is 2.38. The van der Waals surface area contributed by atoms with Crippen molar-refractivity contribution in [1.29, 1.82) is 0 Å². The van der Waals surface area contributed by atoms with E-state index in [0.29, 0.717) is 6.04 Å². The van der Waals surface area contributed by atoms with Gasteiger partial charge in [0, 0.05) is 49.5 Å². The maximum absolute atomic E-state index is 5.90. The van der Waals surface area contributed by atoms with Gasteiger partial charge in [-0.05, 0) is 31.2 Å². The van der Waals surface area contributed by atoms with Crippen LogP contribution < -0.4 is 10.6 Å². The molecule has 1 aliphatic rings. The number of benzene rings is 1. The van der Waals surface area contributed by atoms with Gasteiger partial charge in [0.2, 0.25) is 0 Å². The minimum Gasteiger partial charge on any atom is -0.369 e. The SMILES string of the molecule is CC1CN(c2ccc(Cl)cc2)CCN1CCN. The first-order valence-corrected chi connectivity index (χ1v) is 6.53. The smallest absolute Gasteiger partial charge is 0.0407 e. The van der Waals surface area contributed by atoms with Gasteiger partial charge in [0.1, 0.15) is 0 Å². The Kier molecular flexibility index (Phi) is 4.26. The Morgan fingerprint density at radius 1 is 1.29 bits per heavy atom. The number of nitrogens with two attached hydrogens (primary N) is 1. The molecule has 1 atom stereocenters. The van der Waals surface area contributed by atoms with E-state index >= 15 is 0 Å². The van der Waals surface area contributed by atoms with Gasteiger partial charge in [-0.3, -0.25) is 4.90 Å². The van der Waals surface area contributed by atoms with Crippen LogP contribution in [-0.4, -0.2) is 43.7 Å². The third-order valence-electron chi connectivity index (χ3n) is 3.37. The van der Waals surface area contributed by atoms with Gasteiger partial charge in [-0.25, -0.2) is 0 Å². The number of halogens is 1. The zero-order valence-electron chi connectivity index (χ0n) is 10.3. The molecule has 2 rings (SSSR count). The summed E-state index contributed by atoms with van der Waals surface area (Å²) in [6, 6.07) is 8.64. The highest BCUT2D eigenvalue weighted by molar-refractivity contribution is 6.30. The van der Waals surface area contributed by atoms with Crippen molar-refractivity contribution in [3.8, 4) is 0 Å². The third-order valence-corrected chi connectivity index (χ3v) is 3.63. The first-order valence-electron chi connectivity index (χ1n) is 6.15. The van der Waals surface area contributed by atoms with Crippen LogP contribution >= 0.6 is 11.6 Å². The van der Waals surface area contributed by atoms with Crippen molar-refractivity contribution >= 4 is 17.3 Å². The second-order valence-electron chi connectivity index (χ2n) is 4.60. The fraction of sp³-hybridized carbons (Fsp3) is 0.538. The van der Waals surface area contributed by atoms with Crippen LogP contribution in [0.15, 0.2) is 24.3 Å². The number of hydrogen-bond donors (Lipinski definition) is 1. The molecule has 0 aliphatic carbocycles. The maximum atomic E-state index is 5.90. The average molecular weight is 254 g/mol. The lowest BCUT2D eigenvalue weighted by atomic mass is 10.1. The summed E-state index contributed by atoms with van der Waals surface area (Å²) < 4.78 is 0. The molecule has 1 aromatic carbocycles. The van der Waals surface area contributed by atoms with Crippen LogP contribution in [0.2, 0.25) is 5.02 Å². The lowest BCUT2D eigenvalue weighted by Gasteiger charge is -2.40. The largest absolute Gasteiger partial charge is 0.369 e. The van der Waals surface area contributed by atoms with Crippen molar-refractivity contribution in [3.63, 3.8) is 0 Å². The van der Waals surface area contributed by atoms with Gasteiger partial charge in [0.05, 0.1) is 0 Å². The highest BCUT2D eigenvalue weighted by Crippen LogP contribution is 2.21. The number of piperazine rings is 1. The Morgan fingerprint density at radius 2 is 2.00 bits per heavy atom. The Morgan fingerprint density at radius 3 is 2.59 bits per heavy atom. The first-order chi connectivity index (χ1) is 8.20. The van der Waals surface area contributed by atoms with E-state index in [1.807, 2.05) is 12.1 Å². The molecule has 17 heavy (non-hydrogen) atoms. The Bertz CT molecular complexity index is 352. The molecule has 0 bridgehead atoms. The predicted molar refractivity (Wildman–Crippen MR) is 73.8 cm³/mol. The lowest BCUT2D eigenvalue weighted by Crippen LogP contribution is -2.53. The minimum atomic E-state index is 0.558. The van der Waals surface area contributed by atoms with Crippen molar-refractivity contribution in [2.75, 3.05) is 37.6 Å². The van der Waals surface area contributed by atoms with Crippen LogP contribution in [0.4, 0.5) is 5.69 Å². The van der Waals surface area contributed by atoms with Crippen molar-refractivity contribution in [1.82, 2.24) is 4.90 Å². The van der Waals surface area contributed by atoms with E-state index in [0.717, 1.165) is 37.7 Å². The van der Waals surface area contributed by atoms with Gasteiger partial charge in [0.15, 0.2) is 0 Å². The molecule has 4 heteroatoms. The number of hydrogen-bond acceptors (Lipinski definition) is 3. The first kappa shape index (κ1) is 12.7. The summed E-state index contributed by atoms with van der Waals surface area (Å²) in [5, 5.41) is 0.795. The van der Waals surface area contributed by atoms with Crippen molar-refractivity contribution in [3.05, 3.63) is 29.3 Å². The monoisotopic (exact) mass is 253 g/mol. The molecule has 0 spiro atoms. The summed E-state index contributed by atoms with van der Waals surface area (Å²) in [6.07, 6.45) is 0. The minimum absolute atomic E-state index is 0.558. The lowest BCUT2D eigenvalue weighted by molar-refractivity contribution is 0.195. The van der Waals surface area contributed by atoms with Crippen LogP contribution in [-0.2, 0) is 0 Å². The summed E-state index contributed by atoms with van der Waals surface area (Å²) in [7, 11) is 0. The van der Waals surface area contributed by atoms with Gasteiger partial charge >= 0.3 is 0 Å². The normalized spacial score (nSPS) is 21.8. The molecule has 1 unspecified atom stereocenters. The van der Waals surface area contributed by atoms with Gasteiger partial charge < -0.3 is 10.6 Å². The molecule has 1 saturated heterocycles. The Labute approximate surface area is 108 Å². The van der Waals surface area contributed by atoms with E-state index in [1.165, 1.54) is 5.69 Å². The van der Waals surface area contributed by atoms with Crippen LogP contribution in [0.3, 0.4) is 0 Å². The van der Waals surface area contributed by atoms with Crippen LogP contribution in [0.1, 0.15) is 6.92 Å². The van der Waals surface area contributed by atoms with E-state index in [1.54, 1.807) is 0 Å². The van der Waals surface area contributed by atoms with Crippen molar-refractivity contribution < 1.29 is 0 Å². The molecular formula is C13H20ClN3. The predicted octanol–water partition coefficient (Wildman–Crippen LogP) is 1.81. The third kappa shape index (κ3) is 3.12. The molecule has 1 fully saturated rings. The van der Waals surface area contributed by atoms with Gasteiger partial charge in [-0.1, -0.05) is 11.6 Å². The molecule has 0 saturated carbocycles. The van der Waals surface area contributed by atoms with E-state index in [9.17, 15) is 0 Å². The number of nitrogens with zero attached hydrogens (tertiary/aromatic N) is 2. The quantitative estimate of drug-likeness (QED) is 0.892. The Balaban J connectivity index is 1.99. The van der Waals surface area contributed by atoms with E-state index in [2.05, 4.69) is 28.9 Å². The summed E-state index contributed by atoms with van der Waals surface area (Å²) in [6.45, 7) is 7.20. The van der Waals surface area contributed by atoms with Gasteiger partial charge in [0.25, 0.3) is 0 Å². The fourth-order valence-corrected chi connectivity index (χ4v) is 2.51. The molecule has 2 N–H and O–H groups in total. The topological polar surface area (TPSA) is 32.5 Å². The summed E-state index contributed by atoms with van der Waals surface area (Å²) in [5.41, 5.74) is 6.87. The van der Waals surface area contributed by atoms with E-state index in [-0.39, 0.29) is 0 Å². The standard InChI is InChI=1S/C13H20ClN3/c1-11-10-17(9-8-16(11)7-6-15)13-4-2-12(14)3-5-13/h2-5,11H,6-10,15H2,1H3. The Hall–Kier alpha value is -0.770. The van der Waals surface area contributed by atoms with Crippen LogP contribution in [0, 0.1) is 0 Å². The highest BCUT2D eigenvalue weighted by atomic mass is 35.5. The summed E-state index contributed by atoms with van der Waals surface area (Å²) in [4.78, 5) is 4.86. The van der Waals surface area contributed by atoms with Crippen molar-refractivity contribution in [2.45, 2.75) is 13.0 Å². The maximum Gasteiger partial charge on any atom is 0.0407 e. The number of rotatable bonds is 3. The molecule has 3 nitrogen and oxygen atoms in total. The van der Waals surface area contributed by atoms with Crippen LogP contribution in [0.25, 0.3) is 0 Å². The average Bonchev–Trinajstić information content (AvgIpc) is 2.33. The van der Waals surface area contributed by atoms with Gasteiger partial charge in [-0.15, -0.1) is 0 Å². The summed E-state index contributed by atoms with van der Waals surface area (Å²) >= 11 is 5.90. The highest BCUT2D eigenvalue weighted by Gasteiger charge is 2.22. The molecule has 0 aromatic heterocycles. The molecular weight excluding hydrogens is 234 g/mol. The molecule has 1 heterocycles. The van der Waals surface area contributed by atoms with Gasteiger partial charge in [-0.2, -0.15) is 0 Å². The molecule has 94 valence electrons. The molecule has 1 aromatic rings. The zero-order chi connectivity index (χ0) is 12.3. The van der Waals surface area contributed by atoms with Crippen LogP contribution in [0.5, 0.6) is 0 Å². The number of anilines is 1. The zero-order valence-corrected chi connectivity index (χ0v) is 11.0.